The third kappa shape index (κ3) is 2.52. The van der Waals surface area contributed by atoms with Gasteiger partial charge in [0.2, 0.25) is 0 Å². The summed E-state index contributed by atoms with van der Waals surface area (Å²) in [7, 11) is 0. The first-order valence-electron chi connectivity index (χ1n) is 9.20. The Bertz CT molecular complexity index is 945. The number of aromatic amines is 1. The van der Waals surface area contributed by atoms with E-state index in [-0.39, 0.29) is 6.10 Å². The fraction of sp³-hybridized carbons (Fsp3) is 0.450. The van der Waals surface area contributed by atoms with E-state index >= 15 is 0 Å². The van der Waals surface area contributed by atoms with Crippen molar-refractivity contribution in [3.8, 4) is 11.1 Å². The Kier molecular flexibility index (Phi) is 3.58. The number of ether oxygens (including phenoxy) is 1. The van der Waals surface area contributed by atoms with E-state index in [1.165, 1.54) is 12.8 Å². The lowest BCUT2D eigenvalue weighted by Crippen LogP contribution is -2.17. The Morgan fingerprint density at radius 2 is 2.15 bits per heavy atom. The van der Waals surface area contributed by atoms with E-state index in [1.807, 2.05) is 19.9 Å². The summed E-state index contributed by atoms with van der Waals surface area (Å²) in [6, 6.07) is 4.09. The second-order valence-electron chi connectivity index (χ2n) is 7.40. The molecule has 5 rings (SSSR count). The average Bonchev–Trinajstić information content (AvgIpc) is 3.04. The number of fused-ring (bicyclic) bond motifs is 1. The summed E-state index contributed by atoms with van der Waals surface area (Å²) >= 11 is 0. The number of aliphatic hydroxyl groups is 1. The van der Waals surface area contributed by atoms with Crippen LogP contribution in [-0.2, 0) is 4.74 Å². The minimum Gasteiger partial charge on any atom is -0.385 e. The number of hydrogen-bond acceptors (Lipinski definition) is 5. The molecule has 1 aliphatic carbocycles. The topological polar surface area (TPSA) is 84.2 Å². The van der Waals surface area contributed by atoms with E-state index in [2.05, 4.69) is 22.6 Å². The van der Waals surface area contributed by atoms with Gasteiger partial charge < -0.3 is 19.4 Å². The van der Waals surface area contributed by atoms with Crippen LogP contribution in [0.3, 0.4) is 0 Å². The maximum Gasteiger partial charge on any atom is 0.187 e. The zero-order valence-electron chi connectivity index (χ0n) is 15.0. The minimum absolute atomic E-state index is 0.223. The number of nitrogens with one attached hydrogen (secondary N) is 1. The Labute approximate surface area is 151 Å². The molecule has 134 valence electrons. The zero-order chi connectivity index (χ0) is 17.8. The molecule has 0 spiro atoms. The molecule has 1 aromatic carbocycles. The molecule has 0 amide bonds. The van der Waals surface area contributed by atoms with E-state index in [4.69, 9.17) is 14.2 Å². The highest BCUT2D eigenvalue weighted by Crippen LogP contribution is 2.41. The van der Waals surface area contributed by atoms with Gasteiger partial charge in [-0.05, 0) is 44.4 Å². The number of hydrogen-bond donors (Lipinski definition) is 2. The van der Waals surface area contributed by atoms with E-state index < -0.39 is 6.10 Å². The minimum atomic E-state index is -0.716. The van der Waals surface area contributed by atoms with Crippen molar-refractivity contribution in [2.75, 3.05) is 6.61 Å². The Balaban J connectivity index is 1.69. The quantitative estimate of drug-likeness (QED) is 0.699. The monoisotopic (exact) mass is 352 g/mol. The molecule has 2 atom stereocenters. The molecule has 0 radical (unpaired) electrons. The van der Waals surface area contributed by atoms with Crippen LogP contribution in [0.25, 0.3) is 22.2 Å². The normalized spacial score (nSPS) is 21.3. The van der Waals surface area contributed by atoms with Gasteiger partial charge in [0.25, 0.3) is 0 Å². The molecule has 6 nitrogen and oxygen atoms in total. The highest BCUT2D eigenvalue weighted by Gasteiger charge is 2.34. The van der Waals surface area contributed by atoms with E-state index in [1.54, 1.807) is 0 Å². The van der Waals surface area contributed by atoms with E-state index in [9.17, 15) is 5.11 Å². The molecule has 3 heterocycles. The van der Waals surface area contributed by atoms with Crippen LogP contribution in [0.4, 0.5) is 0 Å². The lowest BCUT2D eigenvalue weighted by Gasteiger charge is -2.17. The number of aryl methyl sites for hydroxylation is 2. The Morgan fingerprint density at radius 1 is 1.31 bits per heavy atom. The van der Waals surface area contributed by atoms with Crippen LogP contribution in [0.1, 0.15) is 54.1 Å². The second-order valence-corrected chi connectivity index (χ2v) is 7.40. The number of rotatable bonds is 4. The van der Waals surface area contributed by atoms with Crippen molar-refractivity contribution in [1.82, 2.24) is 15.1 Å². The van der Waals surface area contributed by atoms with Crippen LogP contribution in [0, 0.1) is 20.3 Å². The van der Waals surface area contributed by atoms with E-state index in [0.29, 0.717) is 12.5 Å². The largest absolute Gasteiger partial charge is 0.385 e. The smallest absolute Gasteiger partial charge is 0.187 e. The molecule has 2 N–H and O–H groups in total. The molecule has 0 unspecified atom stereocenters. The van der Waals surface area contributed by atoms with Crippen LogP contribution in [-0.4, -0.2) is 32.9 Å². The summed E-state index contributed by atoms with van der Waals surface area (Å²) in [6.07, 6.45) is 4.22. The van der Waals surface area contributed by atoms with Crippen LogP contribution in [0.15, 0.2) is 16.7 Å². The lowest BCUT2D eigenvalue weighted by atomic mass is 9.95. The lowest BCUT2D eigenvalue weighted by molar-refractivity contribution is -0.00154. The standard InChI is InChI=1S/C20H22N3O3/c1-10-17(11(2)26-23-10)13-8-14(19(24)16-4-3-7-25-16)18-15(9-13)21-20(22-18)12-5-6-12/h3,8-9,12,16,19,24H,4-7H2,1-2H3,(H,21,22)/q+1/t16-,19+/m0/s1. The number of nitrogens with zero attached hydrogens (tertiary/aromatic N) is 2. The van der Waals surface area contributed by atoms with Crippen LogP contribution in [0.2, 0.25) is 0 Å². The molecule has 6 heteroatoms. The Morgan fingerprint density at radius 3 is 2.81 bits per heavy atom. The van der Waals surface area contributed by atoms with Gasteiger partial charge in [0.05, 0.1) is 16.7 Å². The average molecular weight is 352 g/mol. The summed E-state index contributed by atoms with van der Waals surface area (Å²) in [5.41, 5.74) is 5.39. The molecular formula is C20H22N3O3+. The zero-order valence-corrected chi connectivity index (χ0v) is 15.0. The van der Waals surface area contributed by atoms with Gasteiger partial charge >= 0.3 is 0 Å². The molecular weight excluding hydrogens is 330 g/mol. The third-order valence-electron chi connectivity index (χ3n) is 5.42. The van der Waals surface area contributed by atoms with Crippen molar-refractivity contribution in [2.24, 2.45) is 0 Å². The molecule has 0 bridgehead atoms. The number of aromatic nitrogens is 3. The number of benzene rings is 1. The predicted molar refractivity (Wildman–Crippen MR) is 96.7 cm³/mol. The molecule has 1 saturated heterocycles. The van der Waals surface area contributed by atoms with Crippen LogP contribution >= 0.6 is 0 Å². The maximum atomic E-state index is 11.0. The second kappa shape index (κ2) is 5.86. The summed E-state index contributed by atoms with van der Waals surface area (Å²) in [6.45, 7) is 4.43. The van der Waals surface area contributed by atoms with Gasteiger partial charge in [-0.3, -0.25) is 0 Å². The fourth-order valence-electron chi connectivity index (χ4n) is 3.89. The van der Waals surface area contributed by atoms with E-state index in [0.717, 1.165) is 51.4 Å². The molecule has 1 aliphatic heterocycles. The van der Waals surface area contributed by atoms with Gasteiger partial charge in [0.1, 0.15) is 36.6 Å². The van der Waals surface area contributed by atoms with Crippen LogP contribution in [0.5, 0.6) is 0 Å². The van der Waals surface area contributed by atoms with Crippen molar-refractivity contribution >= 4 is 11.0 Å². The van der Waals surface area contributed by atoms with Crippen molar-refractivity contribution in [3.63, 3.8) is 0 Å². The first-order valence-corrected chi connectivity index (χ1v) is 9.20. The highest BCUT2D eigenvalue weighted by molar-refractivity contribution is 5.86. The number of H-pyrrole nitrogens is 1. The summed E-state index contributed by atoms with van der Waals surface area (Å²) < 4.78 is 11.0. The molecule has 26 heavy (non-hydrogen) atoms. The van der Waals surface area contributed by atoms with Gasteiger partial charge in [-0.1, -0.05) is 5.16 Å². The number of aliphatic hydroxyl groups excluding tert-OH is 1. The first kappa shape index (κ1) is 15.9. The molecule has 2 fully saturated rings. The first-order chi connectivity index (χ1) is 12.6. The van der Waals surface area contributed by atoms with Gasteiger partial charge in [-0.2, -0.15) is 0 Å². The van der Waals surface area contributed by atoms with Crippen LogP contribution < -0.4 is 0 Å². The predicted octanol–water partition coefficient (Wildman–Crippen LogP) is 3.74. The highest BCUT2D eigenvalue weighted by atomic mass is 16.5. The summed E-state index contributed by atoms with van der Waals surface area (Å²) in [5.74, 6) is 2.31. The van der Waals surface area contributed by atoms with Crippen molar-refractivity contribution in [2.45, 2.75) is 51.2 Å². The summed E-state index contributed by atoms with van der Waals surface area (Å²) in [5, 5.41) is 15.1. The molecule has 3 aromatic rings. The molecule has 1 saturated carbocycles. The summed E-state index contributed by atoms with van der Waals surface area (Å²) in [4.78, 5) is 8.28. The van der Waals surface area contributed by atoms with Crippen molar-refractivity contribution < 1.29 is 14.4 Å². The molecule has 2 aliphatic rings. The fourth-order valence-corrected chi connectivity index (χ4v) is 3.89. The SMILES string of the molecule is Cc1noc(C)c1-c1cc([C@@H](O)[C@@H]2C[CH+]CO2)c2nc(C3CC3)[nH]c2c1. The van der Waals surface area contributed by atoms with Crippen molar-refractivity contribution in [1.29, 1.82) is 0 Å². The maximum absolute atomic E-state index is 11.0. The van der Waals surface area contributed by atoms with Gasteiger partial charge in [-0.15, -0.1) is 0 Å². The number of imidazole rings is 1. The molecule has 2 aromatic heterocycles. The third-order valence-corrected chi connectivity index (χ3v) is 5.42. The van der Waals surface area contributed by atoms with Gasteiger partial charge in [0, 0.05) is 17.0 Å². The van der Waals surface area contributed by atoms with Crippen molar-refractivity contribution in [3.05, 3.63) is 41.4 Å². The van der Waals surface area contributed by atoms with Gasteiger partial charge in [0.15, 0.2) is 6.61 Å². The van der Waals surface area contributed by atoms with Gasteiger partial charge in [-0.25, -0.2) is 4.98 Å². The Hall–Kier alpha value is -2.31.